The second-order valence-corrected chi connectivity index (χ2v) is 6.99. The van der Waals surface area contributed by atoms with Gasteiger partial charge in [-0.1, -0.05) is 23.0 Å². The summed E-state index contributed by atoms with van der Waals surface area (Å²) in [6, 6.07) is 11.2. The van der Waals surface area contributed by atoms with Gasteiger partial charge in [0.25, 0.3) is 5.89 Å². The number of nitrogens with one attached hydrogen (secondary N) is 1. The van der Waals surface area contributed by atoms with Crippen molar-refractivity contribution in [2.24, 2.45) is 0 Å². The first kappa shape index (κ1) is 17.2. The minimum absolute atomic E-state index is 0.0636. The zero-order chi connectivity index (χ0) is 18.6. The van der Waals surface area contributed by atoms with E-state index < -0.39 is 0 Å². The lowest BCUT2D eigenvalue weighted by Crippen LogP contribution is -1.92. The van der Waals surface area contributed by atoms with E-state index >= 15 is 0 Å². The molecule has 4 aromatic rings. The van der Waals surface area contributed by atoms with Crippen molar-refractivity contribution in [1.29, 1.82) is 0 Å². The van der Waals surface area contributed by atoms with Gasteiger partial charge in [-0.15, -0.1) is 10.2 Å². The number of nitrogens with zero attached hydrogens (tertiary/aromatic N) is 5. The molecule has 0 bridgehead atoms. The van der Waals surface area contributed by atoms with Crippen molar-refractivity contribution in [2.45, 2.75) is 17.3 Å². The molecule has 0 aliphatic carbocycles. The van der Waals surface area contributed by atoms with E-state index in [-0.39, 0.29) is 5.25 Å². The molecular weight excluding hydrogens is 364 g/mol. The van der Waals surface area contributed by atoms with Crippen LogP contribution in [0.2, 0.25) is 0 Å². The number of hydrogen-bond acceptors (Lipinski definition) is 8. The molecule has 1 aromatic carbocycles. The smallest absolute Gasteiger partial charge is 0.258 e. The van der Waals surface area contributed by atoms with Gasteiger partial charge in [0.2, 0.25) is 0 Å². The molecule has 0 aliphatic rings. The number of thioether (sulfide) groups is 1. The van der Waals surface area contributed by atoms with E-state index in [2.05, 4.69) is 30.3 Å². The van der Waals surface area contributed by atoms with Gasteiger partial charge in [0.15, 0.2) is 16.8 Å². The topological polar surface area (TPSA) is 103 Å². The van der Waals surface area contributed by atoms with Gasteiger partial charge >= 0.3 is 0 Å². The number of pyridine rings is 1. The molecule has 0 radical (unpaired) electrons. The SMILES string of the molecule is COc1cccc(-c2nc(C(C)Sc3nnc(-c4ccncc4)[nH]3)no2)c1. The summed E-state index contributed by atoms with van der Waals surface area (Å²) in [5.41, 5.74) is 1.74. The molecule has 0 saturated heterocycles. The summed E-state index contributed by atoms with van der Waals surface area (Å²) >= 11 is 1.47. The Kier molecular flexibility index (Phi) is 4.84. The molecule has 1 N–H and O–H groups in total. The van der Waals surface area contributed by atoms with Gasteiger partial charge in [-0.05, 0) is 37.3 Å². The van der Waals surface area contributed by atoms with Crippen molar-refractivity contribution in [2.75, 3.05) is 7.11 Å². The maximum atomic E-state index is 5.40. The third-order valence-electron chi connectivity index (χ3n) is 3.83. The highest BCUT2D eigenvalue weighted by molar-refractivity contribution is 7.99. The average Bonchev–Trinajstić information content (AvgIpc) is 3.39. The Balaban J connectivity index is 1.48. The zero-order valence-electron chi connectivity index (χ0n) is 14.7. The molecule has 3 heterocycles. The van der Waals surface area contributed by atoms with E-state index in [0.717, 1.165) is 16.9 Å². The number of hydrogen-bond donors (Lipinski definition) is 1. The molecule has 1 atom stereocenters. The normalized spacial score (nSPS) is 12.1. The van der Waals surface area contributed by atoms with Crippen LogP contribution in [0.15, 0.2) is 58.5 Å². The molecule has 0 amide bonds. The Bertz CT molecular complexity index is 1030. The second-order valence-electron chi connectivity index (χ2n) is 5.66. The molecule has 0 aliphatic heterocycles. The first-order chi connectivity index (χ1) is 13.2. The fourth-order valence-electron chi connectivity index (χ4n) is 2.43. The van der Waals surface area contributed by atoms with Crippen molar-refractivity contribution in [3.05, 3.63) is 54.6 Å². The lowest BCUT2D eigenvalue weighted by Gasteiger charge is -2.02. The Morgan fingerprint density at radius 2 is 1.96 bits per heavy atom. The van der Waals surface area contributed by atoms with Crippen LogP contribution in [0.25, 0.3) is 22.8 Å². The highest BCUT2D eigenvalue weighted by atomic mass is 32.2. The molecule has 0 fully saturated rings. The maximum Gasteiger partial charge on any atom is 0.258 e. The van der Waals surface area contributed by atoms with Gasteiger partial charge < -0.3 is 14.2 Å². The zero-order valence-corrected chi connectivity index (χ0v) is 15.5. The van der Waals surface area contributed by atoms with Crippen LogP contribution >= 0.6 is 11.8 Å². The van der Waals surface area contributed by atoms with Crippen LogP contribution in [0.1, 0.15) is 18.0 Å². The van der Waals surface area contributed by atoms with Crippen LogP contribution in [-0.4, -0.2) is 37.4 Å². The van der Waals surface area contributed by atoms with Crippen molar-refractivity contribution >= 4 is 11.8 Å². The summed E-state index contributed by atoms with van der Waals surface area (Å²) in [6.07, 6.45) is 3.43. The minimum Gasteiger partial charge on any atom is -0.497 e. The molecule has 0 saturated carbocycles. The van der Waals surface area contributed by atoms with Gasteiger partial charge in [0.1, 0.15) is 5.75 Å². The number of methoxy groups -OCH3 is 1. The van der Waals surface area contributed by atoms with E-state index in [9.17, 15) is 0 Å². The van der Waals surface area contributed by atoms with E-state index in [0.29, 0.717) is 22.7 Å². The van der Waals surface area contributed by atoms with Gasteiger partial charge in [0, 0.05) is 23.5 Å². The Hall–Kier alpha value is -3.20. The quantitative estimate of drug-likeness (QED) is 0.504. The molecule has 1 unspecified atom stereocenters. The molecule has 0 spiro atoms. The van der Waals surface area contributed by atoms with E-state index in [4.69, 9.17) is 9.26 Å². The van der Waals surface area contributed by atoms with Crippen LogP contribution < -0.4 is 4.74 Å². The van der Waals surface area contributed by atoms with Gasteiger partial charge in [-0.2, -0.15) is 4.98 Å². The molecule has 9 heteroatoms. The number of H-pyrrole nitrogens is 1. The third-order valence-corrected chi connectivity index (χ3v) is 4.80. The van der Waals surface area contributed by atoms with Crippen molar-refractivity contribution in [3.63, 3.8) is 0 Å². The third kappa shape index (κ3) is 3.82. The van der Waals surface area contributed by atoms with E-state index in [1.54, 1.807) is 19.5 Å². The molecule has 3 aromatic heterocycles. The molecule has 4 rings (SSSR count). The fraction of sp³-hybridized carbons (Fsp3) is 0.167. The summed E-state index contributed by atoms with van der Waals surface area (Å²) in [7, 11) is 1.62. The van der Waals surface area contributed by atoms with Gasteiger partial charge in [-0.3, -0.25) is 4.98 Å². The lowest BCUT2D eigenvalue weighted by atomic mass is 10.2. The minimum atomic E-state index is -0.0636. The monoisotopic (exact) mass is 380 g/mol. The average molecular weight is 380 g/mol. The Morgan fingerprint density at radius 3 is 2.78 bits per heavy atom. The van der Waals surface area contributed by atoms with E-state index in [1.165, 1.54) is 11.8 Å². The van der Waals surface area contributed by atoms with Crippen LogP contribution in [0, 0.1) is 0 Å². The summed E-state index contributed by atoms with van der Waals surface area (Å²) in [5.74, 6) is 2.46. The number of aromatic amines is 1. The van der Waals surface area contributed by atoms with Crippen LogP contribution in [0.5, 0.6) is 5.75 Å². The van der Waals surface area contributed by atoms with E-state index in [1.807, 2.05) is 43.3 Å². The summed E-state index contributed by atoms with van der Waals surface area (Å²) < 4.78 is 10.6. The largest absolute Gasteiger partial charge is 0.497 e. The molecule has 136 valence electrons. The number of benzene rings is 1. The van der Waals surface area contributed by atoms with Crippen LogP contribution in [0.4, 0.5) is 0 Å². The van der Waals surface area contributed by atoms with Gasteiger partial charge in [-0.25, -0.2) is 0 Å². The van der Waals surface area contributed by atoms with Gasteiger partial charge in [0.05, 0.1) is 12.4 Å². The van der Waals surface area contributed by atoms with Crippen molar-refractivity contribution < 1.29 is 9.26 Å². The highest BCUT2D eigenvalue weighted by Crippen LogP contribution is 2.33. The highest BCUT2D eigenvalue weighted by Gasteiger charge is 2.18. The molecule has 27 heavy (non-hydrogen) atoms. The predicted molar refractivity (Wildman–Crippen MR) is 100 cm³/mol. The fourth-order valence-corrected chi connectivity index (χ4v) is 3.21. The second kappa shape index (κ2) is 7.58. The molecular formula is C18H16N6O2S. The summed E-state index contributed by atoms with van der Waals surface area (Å²) in [5, 5.41) is 13.1. The Labute approximate surface area is 159 Å². The molecule has 8 nitrogen and oxygen atoms in total. The lowest BCUT2D eigenvalue weighted by molar-refractivity contribution is 0.412. The predicted octanol–water partition coefficient (Wildman–Crippen LogP) is 3.78. The maximum absolute atomic E-state index is 5.40. The Morgan fingerprint density at radius 1 is 1.11 bits per heavy atom. The number of ether oxygens (including phenoxy) is 1. The first-order valence-corrected chi connectivity index (χ1v) is 9.08. The summed E-state index contributed by atoms with van der Waals surface area (Å²) in [6.45, 7) is 1.99. The number of aromatic nitrogens is 6. The first-order valence-electron chi connectivity index (χ1n) is 8.20. The summed E-state index contributed by atoms with van der Waals surface area (Å²) in [4.78, 5) is 11.7. The van der Waals surface area contributed by atoms with Crippen molar-refractivity contribution in [1.82, 2.24) is 30.3 Å². The standard InChI is InChI=1S/C18H16N6O2S/c1-11(27-18-21-16(22-23-18)12-6-8-19-9-7-12)15-20-17(26-24-15)13-4-3-5-14(10-13)25-2/h3-11H,1-2H3,(H,21,22,23). The number of rotatable bonds is 6. The van der Waals surface area contributed by atoms with Crippen molar-refractivity contribution in [3.8, 4) is 28.6 Å². The van der Waals surface area contributed by atoms with Crippen LogP contribution in [-0.2, 0) is 0 Å². The van der Waals surface area contributed by atoms with Crippen LogP contribution in [0.3, 0.4) is 0 Å².